The van der Waals surface area contributed by atoms with Gasteiger partial charge in [-0.2, -0.15) is 4.98 Å². The van der Waals surface area contributed by atoms with Gasteiger partial charge in [0.15, 0.2) is 0 Å². The lowest BCUT2D eigenvalue weighted by Crippen LogP contribution is -2.38. The first-order valence-corrected chi connectivity index (χ1v) is 20.6. The van der Waals surface area contributed by atoms with Gasteiger partial charge in [0, 0.05) is 43.0 Å². The van der Waals surface area contributed by atoms with Crippen molar-refractivity contribution < 1.29 is 28.6 Å². The molecule has 0 aliphatic carbocycles. The van der Waals surface area contributed by atoms with Crippen molar-refractivity contribution in [1.29, 1.82) is 0 Å². The third-order valence-corrected chi connectivity index (χ3v) is 9.29. The number of alkyl carbamates (subject to hydrolysis) is 2. The Labute approximate surface area is 352 Å². The van der Waals surface area contributed by atoms with Gasteiger partial charge in [0.2, 0.25) is 0 Å². The van der Waals surface area contributed by atoms with Crippen molar-refractivity contribution in [3.05, 3.63) is 112 Å². The fourth-order valence-corrected chi connectivity index (χ4v) is 6.38. The number of nitrogens with one attached hydrogen (secondary N) is 3. The maximum atomic E-state index is 13.3. The summed E-state index contributed by atoms with van der Waals surface area (Å²) in [5, 5.41) is 6.39. The van der Waals surface area contributed by atoms with E-state index in [2.05, 4.69) is 33.6 Å². The van der Waals surface area contributed by atoms with E-state index in [0.29, 0.717) is 30.8 Å². The molecule has 0 saturated heterocycles. The molecule has 0 aliphatic heterocycles. The van der Waals surface area contributed by atoms with E-state index < -0.39 is 35.2 Å². The van der Waals surface area contributed by atoms with Crippen LogP contribution in [0.2, 0.25) is 0 Å². The first-order chi connectivity index (χ1) is 28.4. The second-order valence-electron chi connectivity index (χ2n) is 16.9. The number of carbonyl (C=O) groups excluding carboxylic acids is 3. The summed E-state index contributed by atoms with van der Waals surface area (Å²) in [6.45, 7) is 16.0. The highest BCUT2D eigenvalue weighted by Crippen LogP contribution is 2.24. The highest BCUT2D eigenvalue weighted by Gasteiger charge is 2.23. The van der Waals surface area contributed by atoms with Crippen molar-refractivity contribution in [2.24, 2.45) is 0 Å². The molecule has 3 amide bonds. The number of aromatic nitrogens is 4. The number of fused-ring (bicyclic) bond motifs is 1. The van der Waals surface area contributed by atoms with Gasteiger partial charge in [-0.05, 0) is 128 Å². The van der Waals surface area contributed by atoms with E-state index in [-0.39, 0.29) is 19.2 Å². The molecule has 14 heteroatoms. The number of carbonyl (C=O) groups is 3. The number of nitrogens with zero attached hydrogens (tertiary/aromatic N) is 4. The number of H-pyrrole nitrogens is 1. The van der Waals surface area contributed by atoms with Crippen molar-refractivity contribution >= 4 is 29.3 Å². The molecule has 3 heterocycles. The smallest absolute Gasteiger partial charge is 0.410 e. The molecular formula is C46H59N7O7. The fourth-order valence-electron chi connectivity index (χ4n) is 6.38. The van der Waals surface area contributed by atoms with Gasteiger partial charge in [-0.3, -0.25) is 9.55 Å². The second kappa shape index (κ2) is 20.2. The van der Waals surface area contributed by atoms with Gasteiger partial charge in [-0.15, -0.1) is 0 Å². The van der Waals surface area contributed by atoms with E-state index in [4.69, 9.17) is 19.2 Å². The number of hydrogen-bond donors (Lipinski definition) is 3. The number of benzene rings is 2. The zero-order valence-corrected chi connectivity index (χ0v) is 36.1. The predicted octanol–water partition coefficient (Wildman–Crippen LogP) is 8.63. The normalized spacial score (nSPS) is 12.1. The largest absolute Gasteiger partial charge is 0.445 e. The standard InChI is InChI=1S/C46H59N7O7/c1-9-32-25-36(18-13-15-31(2)48-43(56)58-30-34-16-11-10-12-17-34)49-38(26-32)39-27-35-29-53(41(54)51-40(35)50-39)37-21-19-33(20-22-37)28-52(44(57)60-46(6,7)8)24-14-23-47-42(55)59-45(3,4)5/h10-12,16-17,19-22,25-27,29,31H,9,13-15,18,23-24,28,30H2,1-8H3,(H,47,55)(H,48,56)(H,50,51,54)/t31-/m0/s1. The average Bonchev–Trinajstić information content (AvgIpc) is 3.60. The van der Waals surface area contributed by atoms with E-state index in [1.807, 2.05) is 94.4 Å². The minimum absolute atomic E-state index is 0.0655. The van der Waals surface area contributed by atoms with Crippen LogP contribution in [-0.2, 0) is 40.2 Å². The Balaban J connectivity index is 1.22. The van der Waals surface area contributed by atoms with Gasteiger partial charge in [-0.1, -0.05) is 49.4 Å². The number of pyridine rings is 1. The number of ether oxygens (including phenoxy) is 3. The molecule has 2 aromatic carbocycles. The number of hydrogen-bond acceptors (Lipinski definition) is 9. The zero-order valence-electron chi connectivity index (χ0n) is 36.1. The molecular weight excluding hydrogens is 763 g/mol. The highest BCUT2D eigenvalue weighted by molar-refractivity contribution is 5.82. The lowest BCUT2D eigenvalue weighted by atomic mass is 10.1. The highest BCUT2D eigenvalue weighted by atomic mass is 16.6. The van der Waals surface area contributed by atoms with Crippen LogP contribution in [0.15, 0.2) is 83.8 Å². The summed E-state index contributed by atoms with van der Waals surface area (Å²) < 4.78 is 17.8. The quantitative estimate of drug-likeness (QED) is 0.0652. The fraction of sp³-hybridized carbons (Fsp3) is 0.435. The second-order valence-corrected chi connectivity index (χ2v) is 16.9. The summed E-state index contributed by atoms with van der Waals surface area (Å²) in [5.74, 6) is 0. The molecule has 0 spiro atoms. The lowest BCUT2D eigenvalue weighted by molar-refractivity contribution is 0.0231. The molecule has 0 bridgehead atoms. The Hall–Kier alpha value is -6.18. The third kappa shape index (κ3) is 14.0. The summed E-state index contributed by atoms with van der Waals surface area (Å²) in [7, 11) is 0. The van der Waals surface area contributed by atoms with Gasteiger partial charge >= 0.3 is 24.0 Å². The van der Waals surface area contributed by atoms with Crippen LogP contribution in [0.1, 0.15) is 97.0 Å². The van der Waals surface area contributed by atoms with Crippen LogP contribution in [0.25, 0.3) is 28.1 Å². The van der Waals surface area contributed by atoms with Crippen LogP contribution in [0.5, 0.6) is 0 Å². The third-order valence-electron chi connectivity index (χ3n) is 9.29. The number of aryl methyl sites for hydroxylation is 2. The molecule has 1 atom stereocenters. The van der Waals surface area contributed by atoms with Crippen molar-refractivity contribution in [1.82, 2.24) is 35.1 Å². The molecule has 320 valence electrons. The minimum Gasteiger partial charge on any atom is -0.445 e. The van der Waals surface area contributed by atoms with Gasteiger partial charge in [0.05, 0.1) is 17.1 Å². The Morgan fingerprint density at radius 3 is 2.25 bits per heavy atom. The monoisotopic (exact) mass is 821 g/mol. The van der Waals surface area contributed by atoms with Crippen molar-refractivity contribution in [3.63, 3.8) is 0 Å². The summed E-state index contributed by atoms with van der Waals surface area (Å²) in [5.41, 5.74) is 4.70. The summed E-state index contributed by atoms with van der Waals surface area (Å²) >= 11 is 0. The molecule has 0 saturated carbocycles. The van der Waals surface area contributed by atoms with Gasteiger partial charge in [0.1, 0.15) is 23.5 Å². The Bertz CT molecular complexity index is 2270. The topological polar surface area (TPSA) is 170 Å². The van der Waals surface area contributed by atoms with Gasteiger partial charge in [0.25, 0.3) is 0 Å². The molecule has 0 fully saturated rings. The van der Waals surface area contributed by atoms with Crippen LogP contribution < -0.4 is 16.3 Å². The molecule has 14 nitrogen and oxygen atoms in total. The van der Waals surface area contributed by atoms with Crippen molar-refractivity contribution in [2.45, 2.75) is 118 Å². The molecule has 60 heavy (non-hydrogen) atoms. The summed E-state index contributed by atoms with van der Waals surface area (Å²) in [6, 6.07) is 23.0. The van der Waals surface area contributed by atoms with Crippen LogP contribution in [0, 0.1) is 0 Å². The predicted molar refractivity (Wildman–Crippen MR) is 232 cm³/mol. The Morgan fingerprint density at radius 2 is 1.57 bits per heavy atom. The number of rotatable bonds is 16. The summed E-state index contributed by atoms with van der Waals surface area (Å²) in [6.07, 6.45) is 3.96. The van der Waals surface area contributed by atoms with Gasteiger partial charge < -0.3 is 34.7 Å². The minimum atomic E-state index is -0.685. The molecule has 0 unspecified atom stereocenters. The zero-order chi connectivity index (χ0) is 43.5. The van der Waals surface area contributed by atoms with Crippen LogP contribution in [-0.4, -0.2) is 73.0 Å². The van der Waals surface area contributed by atoms with E-state index in [0.717, 1.165) is 64.8 Å². The van der Waals surface area contributed by atoms with Crippen molar-refractivity contribution in [2.75, 3.05) is 13.1 Å². The Kier molecular flexibility index (Phi) is 15.1. The lowest BCUT2D eigenvalue weighted by Gasteiger charge is -2.27. The van der Waals surface area contributed by atoms with E-state index in [1.165, 1.54) is 4.57 Å². The summed E-state index contributed by atoms with van der Waals surface area (Å²) in [4.78, 5) is 65.1. The molecule has 0 radical (unpaired) electrons. The van der Waals surface area contributed by atoms with Crippen LogP contribution in [0.3, 0.4) is 0 Å². The van der Waals surface area contributed by atoms with E-state index in [9.17, 15) is 19.2 Å². The first-order valence-electron chi connectivity index (χ1n) is 20.6. The molecule has 0 aliphatic rings. The molecule has 5 rings (SSSR count). The first kappa shape index (κ1) is 44.9. The Morgan fingerprint density at radius 1 is 0.850 bits per heavy atom. The van der Waals surface area contributed by atoms with Crippen LogP contribution in [0.4, 0.5) is 14.4 Å². The van der Waals surface area contributed by atoms with Gasteiger partial charge in [-0.25, -0.2) is 19.2 Å². The molecule has 3 aromatic heterocycles. The maximum Gasteiger partial charge on any atom is 0.410 e. The van der Waals surface area contributed by atoms with Crippen molar-refractivity contribution in [3.8, 4) is 17.1 Å². The van der Waals surface area contributed by atoms with Crippen LogP contribution >= 0.6 is 0 Å². The molecule has 3 N–H and O–H groups in total. The number of amides is 3. The number of aromatic amines is 1. The SMILES string of the molecule is CCc1cc(CCC[C@H](C)NC(=O)OCc2ccccc2)nc(-c2cc3cn(-c4ccc(CN(CCCNC(=O)OC(C)(C)C)C(=O)OC(C)(C)C)cc4)c(=O)nc3[nH]2)c1. The molecule has 5 aromatic rings. The van der Waals surface area contributed by atoms with E-state index >= 15 is 0 Å². The van der Waals surface area contributed by atoms with E-state index in [1.54, 1.807) is 31.9 Å². The maximum absolute atomic E-state index is 13.3. The average molecular weight is 822 g/mol.